The molecule has 0 unspecified atom stereocenters. The Bertz CT molecular complexity index is 1190. The minimum atomic E-state index is -1.56. The first-order valence-electron chi connectivity index (χ1n) is 9.14. The van der Waals surface area contributed by atoms with Crippen molar-refractivity contribution in [3.05, 3.63) is 57.0 Å². The van der Waals surface area contributed by atoms with Crippen molar-refractivity contribution in [3.63, 3.8) is 0 Å². The summed E-state index contributed by atoms with van der Waals surface area (Å²) in [5.74, 6) is -2.99. The van der Waals surface area contributed by atoms with Crippen LogP contribution in [0, 0.1) is 0 Å². The van der Waals surface area contributed by atoms with Crippen LogP contribution >= 0.6 is 12.4 Å². The lowest BCUT2D eigenvalue weighted by Crippen LogP contribution is -2.25. The van der Waals surface area contributed by atoms with Crippen molar-refractivity contribution in [2.24, 2.45) is 7.05 Å². The number of halogens is 1. The number of H-pyrrole nitrogens is 1. The lowest BCUT2D eigenvalue weighted by atomic mass is 9.95. The van der Waals surface area contributed by atoms with Gasteiger partial charge in [0.1, 0.15) is 5.56 Å². The third kappa shape index (κ3) is 3.96. The van der Waals surface area contributed by atoms with Gasteiger partial charge in [-0.3, -0.25) is 4.79 Å². The predicted octanol–water partition coefficient (Wildman–Crippen LogP) is 2.98. The first-order valence-corrected chi connectivity index (χ1v) is 9.14. The van der Waals surface area contributed by atoms with E-state index in [1.165, 1.54) is 0 Å². The van der Waals surface area contributed by atoms with Crippen molar-refractivity contribution < 1.29 is 19.8 Å². The molecule has 3 rings (SSSR count). The fourth-order valence-electron chi connectivity index (χ4n) is 3.72. The number of fused-ring (bicyclic) bond motifs is 1. The average Bonchev–Trinajstić information content (AvgIpc) is 2.94. The first-order chi connectivity index (χ1) is 13.6. The standard InChI is InChI=1S/C21H23N3O5.ClH/c1-5-14-16(20(26)27)17(21(28)29)19(25)22-18(14)11-6-7-15-12(8-11)9-13(24(15)4)10-23(2)3;/h6-9H,5,10H2,1-4H3,(H,22,25)(H,26,27)(H,28,29);1H. The van der Waals surface area contributed by atoms with Gasteiger partial charge in [-0.1, -0.05) is 13.0 Å². The predicted molar refractivity (Wildman–Crippen MR) is 117 cm³/mol. The summed E-state index contributed by atoms with van der Waals surface area (Å²) in [5, 5.41) is 19.9. The number of pyridine rings is 1. The molecule has 0 aliphatic rings. The molecule has 9 heteroatoms. The minimum absolute atomic E-state index is 0. The maximum Gasteiger partial charge on any atom is 0.342 e. The van der Waals surface area contributed by atoms with Gasteiger partial charge in [0.2, 0.25) is 0 Å². The number of aryl methyl sites for hydroxylation is 1. The van der Waals surface area contributed by atoms with Crippen LogP contribution in [0.4, 0.5) is 0 Å². The number of aromatic carboxylic acids is 2. The highest BCUT2D eigenvalue weighted by atomic mass is 35.5. The van der Waals surface area contributed by atoms with E-state index in [9.17, 15) is 24.6 Å². The highest BCUT2D eigenvalue weighted by Crippen LogP contribution is 2.29. The maximum atomic E-state index is 12.4. The van der Waals surface area contributed by atoms with E-state index in [1.807, 2.05) is 39.3 Å². The Hall–Kier alpha value is -3.10. The number of nitrogens with one attached hydrogen (secondary N) is 1. The molecular formula is C21H24ClN3O5. The molecule has 0 fully saturated rings. The third-order valence-corrected chi connectivity index (χ3v) is 5.01. The van der Waals surface area contributed by atoms with Gasteiger partial charge in [0, 0.05) is 30.2 Å². The number of hydrogen-bond acceptors (Lipinski definition) is 4. The lowest BCUT2D eigenvalue weighted by Gasteiger charge is -2.13. The van der Waals surface area contributed by atoms with Crippen LogP contribution in [0.25, 0.3) is 22.2 Å². The molecule has 2 aromatic heterocycles. The Morgan fingerprint density at radius 1 is 1.10 bits per heavy atom. The number of aromatic amines is 1. The van der Waals surface area contributed by atoms with Crippen LogP contribution in [0.2, 0.25) is 0 Å². The summed E-state index contributed by atoms with van der Waals surface area (Å²) >= 11 is 0. The Labute approximate surface area is 179 Å². The van der Waals surface area contributed by atoms with Crippen molar-refractivity contribution >= 4 is 35.2 Å². The van der Waals surface area contributed by atoms with Crippen LogP contribution in [0.5, 0.6) is 0 Å². The van der Waals surface area contributed by atoms with Crippen molar-refractivity contribution in [2.75, 3.05) is 14.1 Å². The van der Waals surface area contributed by atoms with Crippen molar-refractivity contribution in [1.82, 2.24) is 14.5 Å². The monoisotopic (exact) mass is 433 g/mol. The molecule has 0 atom stereocenters. The molecule has 0 bridgehead atoms. The molecule has 1 aromatic carbocycles. The molecule has 30 heavy (non-hydrogen) atoms. The zero-order valence-electron chi connectivity index (χ0n) is 17.1. The average molecular weight is 434 g/mol. The number of hydrogen-bond donors (Lipinski definition) is 3. The third-order valence-electron chi connectivity index (χ3n) is 5.01. The molecule has 0 saturated carbocycles. The van der Waals surface area contributed by atoms with Crippen LogP contribution in [0.15, 0.2) is 29.1 Å². The van der Waals surface area contributed by atoms with E-state index in [1.54, 1.807) is 13.0 Å². The topological polar surface area (TPSA) is 116 Å². The quantitative estimate of drug-likeness (QED) is 0.550. The van der Waals surface area contributed by atoms with Crippen molar-refractivity contribution in [1.29, 1.82) is 0 Å². The summed E-state index contributed by atoms with van der Waals surface area (Å²) in [6.07, 6.45) is 0.257. The number of nitrogens with zero attached hydrogens (tertiary/aromatic N) is 2. The first kappa shape index (κ1) is 23.2. The summed E-state index contributed by atoms with van der Waals surface area (Å²) in [6.45, 7) is 2.49. The molecule has 2 heterocycles. The van der Waals surface area contributed by atoms with Gasteiger partial charge in [0.05, 0.1) is 11.3 Å². The zero-order valence-corrected chi connectivity index (χ0v) is 18.0. The normalized spacial score (nSPS) is 11.0. The lowest BCUT2D eigenvalue weighted by molar-refractivity contribution is 0.0648. The summed E-state index contributed by atoms with van der Waals surface area (Å²) in [4.78, 5) is 40.3. The molecular weight excluding hydrogens is 410 g/mol. The second kappa shape index (κ2) is 8.73. The van der Waals surface area contributed by atoms with E-state index < -0.39 is 28.6 Å². The van der Waals surface area contributed by atoms with Gasteiger partial charge in [-0.05, 0) is 49.8 Å². The highest BCUT2D eigenvalue weighted by molar-refractivity contribution is 6.03. The molecule has 3 N–H and O–H groups in total. The Balaban J connectivity index is 0.00000320. The van der Waals surface area contributed by atoms with Crippen LogP contribution in [0.3, 0.4) is 0 Å². The highest BCUT2D eigenvalue weighted by Gasteiger charge is 2.26. The summed E-state index contributed by atoms with van der Waals surface area (Å²) in [7, 11) is 5.95. The van der Waals surface area contributed by atoms with E-state index in [0.717, 1.165) is 23.1 Å². The molecule has 8 nitrogen and oxygen atoms in total. The molecule has 0 saturated heterocycles. The van der Waals surface area contributed by atoms with Gasteiger partial charge in [0.15, 0.2) is 0 Å². The number of carboxylic acid groups (broad SMARTS) is 2. The number of carboxylic acids is 2. The molecule has 3 aromatic rings. The molecule has 0 spiro atoms. The summed E-state index contributed by atoms with van der Waals surface area (Å²) in [5.41, 5.74) is 1.24. The molecule has 0 aliphatic heterocycles. The van der Waals surface area contributed by atoms with E-state index in [2.05, 4.69) is 14.5 Å². The second-order valence-corrected chi connectivity index (χ2v) is 7.23. The summed E-state index contributed by atoms with van der Waals surface area (Å²) < 4.78 is 2.08. The van der Waals surface area contributed by atoms with Gasteiger partial charge in [-0.25, -0.2) is 9.59 Å². The number of aromatic nitrogens is 2. The summed E-state index contributed by atoms with van der Waals surface area (Å²) in [6, 6.07) is 7.64. The number of carbonyl (C=O) groups is 2. The molecule has 160 valence electrons. The molecule has 0 radical (unpaired) electrons. The maximum absolute atomic E-state index is 12.4. The van der Waals surface area contributed by atoms with Crippen LogP contribution in [0.1, 0.15) is 38.9 Å². The zero-order chi connectivity index (χ0) is 21.5. The Morgan fingerprint density at radius 2 is 1.73 bits per heavy atom. The van der Waals surface area contributed by atoms with Gasteiger partial charge in [-0.15, -0.1) is 12.4 Å². The van der Waals surface area contributed by atoms with Crippen molar-refractivity contribution in [2.45, 2.75) is 19.9 Å². The largest absolute Gasteiger partial charge is 0.478 e. The van der Waals surface area contributed by atoms with Crippen LogP contribution in [-0.4, -0.2) is 50.7 Å². The fourth-order valence-corrected chi connectivity index (χ4v) is 3.72. The van der Waals surface area contributed by atoms with E-state index in [4.69, 9.17) is 0 Å². The Kier molecular flexibility index (Phi) is 6.74. The van der Waals surface area contributed by atoms with E-state index >= 15 is 0 Å². The SMILES string of the molecule is CCc1c(-c2ccc3c(c2)cc(CN(C)C)n3C)[nH]c(=O)c(C(=O)O)c1C(=O)O.Cl. The molecule has 0 aliphatic carbocycles. The van der Waals surface area contributed by atoms with Gasteiger partial charge in [-0.2, -0.15) is 0 Å². The number of rotatable bonds is 6. The molecule has 0 amide bonds. The number of benzene rings is 1. The van der Waals surface area contributed by atoms with E-state index in [0.29, 0.717) is 16.8 Å². The van der Waals surface area contributed by atoms with Crippen molar-refractivity contribution in [3.8, 4) is 11.3 Å². The van der Waals surface area contributed by atoms with Crippen LogP contribution < -0.4 is 5.56 Å². The Morgan fingerprint density at radius 3 is 2.27 bits per heavy atom. The smallest absolute Gasteiger partial charge is 0.342 e. The van der Waals surface area contributed by atoms with Gasteiger partial charge < -0.3 is 24.7 Å². The van der Waals surface area contributed by atoms with Gasteiger partial charge >= 0.3 is 11.9 Å². The van der Waals surface area contributed by atoms with E-state index in [-0.39, 0.29) is 18.8 Å². The minimum Gasteiger partial charge on any atom is -0.478 e. The fraction of sp³-hybridized carbons (Fsp3) is 0.286. The van der Waals surface area contributed by atoms with Crippen LogP contribution in [-0.2, 0) is 20.0 Å². The van der Waals surface area contributed by atoms with Gasteiger partial charge in [0.25, 0.3) is 5.56 Å². The second-order valence-electron chi connectivity index (χ2n) is 7.23.